The monoisotopic (exact) mass is 384 g/mol. The zero-order valence-corrected chi connectivity index (χ0v) is 15.8. The summed E-state index contributed by atoms with van der Waals surface area (Å²) in [5.74, 6) is -0.268. The van der Waals surface area contributed by atoms with E-state index in [-0.39, 0.29) is 30.4 Å². The van der Waals surface area contributed by atoms with E-state index >= 15 is 0 Å². The van der Waals surface area contributed by atoms with Crippen LogP contribution in [0.2, 0.25) is 0 Å². The maximum atomic E-state index is 12.8. The van der Waals surface area contributed by atoms with E-state index in [1.165, 1.54) is 16.2 Å². The smallest absolute Gasteiger partial charge is 0.332 e. The van der Waals surface area contributed by atoms with Crippen molar-refractivity contribution < 1.29 is 14.4 Å². The highest BCUT2D eigenvalue weighted by Gasteiger charge is 2.41. The number of piperidine rings is 1. The number of para-hydroxylation sites is 1. The quantitative estimate of drug-likeness (QED) is 0.762. The molecule has 2 aliphatic heterocycles. The molecule has 140 valence electrons. The van der Waals surface area contributed by atoms with Gasteiger partial charge < -0.3 is 9.80 Å². The summed E-state index contributed by atoms with van der Waals surface area (Å²) < 4.78 is 0. The van der Waals surface area contributed by atoms with E-state index in [1.54, 1.807) is 27.3 Å². The molecule has 4 amide bonds. The molecule has 1 aromatic carbocycles. The summed E-state index contributed by atoms with van der Waals surface area (Å²) >= 11 is 1.46. The molecule has 2 aliphatic rings. The Morgan fingerprint density at radius 1 is 1.15 bits per heavy atom. The largest absolute Gasteiger partial charge is 0.337 e. The Morgan fingerprint density at radius 3 is 2.48 bits per heavy atom. The number of anilines is 1. The van der Waals surface area contributed by atoms with Crippen LogP contribution in [0.25, 0.3) is 0 Å². The normalized spacial score (nSPS) is 18.5. The predicted molar refractivity (Wildman–Crippen MR) is 102 cm³/mol. The molecule has 0 radical (unpaired) electrons. The molecule has 0 atom stereocenters. The van der Waals surface area contributed by atoms with Gasteiger partial charge in [0.1, 0.15) is 12.2 Å². The van der Waals surface area contributed by atoms with Crippen molar-refractivity contribution in [2.45, 2.75) is 25.8 Å². The Kier molecular flexibility index (Phi) is 4.65. The number of hydrogen-bond donors (Lipinski definition) is 0. The highest BCUT2D eigenvalue weighted by Crippen LogP contribution is 2.26. The van der Waals surface area contributed by atoms with Crippen LogP contribution >= 0.6 is 11.3 Å². The van der Waals surface area contributed by atoms with Crippen LogP contribution in [-0.4, -0.2) is 58.3 Å². The number of aromatic nitrogens is 1. The van der Waals surface area contributed by atoms with Gasteiger partial charge in [-0.2, -0.15) is 0 Å². The van der Waals surface area contributed by atoms with Gasteiger partial charge in [0.05, 0.1) is 10.7 Å². The SMILES string of the molecule is Cc1nc(C(=O)N2CCC(N3CC(=O)N(c4ccccc4)C3=O)CC2)cs1. The van der Waals surface area contributed by atoms with Gasteiger partial charge in [-0.05, 0) is 31.9 Å². The Balaban J connectivity index is 1.41. The third-order valence-corrected chi connectivity index (χ3v) is 5.81. The third-order valence-electron chi connectivity index (χ3n) is 5.04. The number of thiazole rings is 1. The molecule has 27 heavy (non-hydrogen) atoms. The van der Waals surface area contributed by atoms with Gasteiger partial charge in [-0.1, -0.05) is 18.2 Å². The first-order chi connectivity index (χ1) is 13.0. The maximum absolute atomic E-state index is 12.8. The molecule has 2 fully saturated rings. The van der Waals surface area contributed by atoms with Crippen LogP contribution in [-0.2, 0) is 4.79 Å². The van der Waals surface area contributed by atoms with Crippen molar-refractivity contribution >= 4 is 34.9 Å². The van der Waals surface area contributed by atoms with E-state index in [0.29, 0.717) is 37.3 Å². The lowest BCUT2D eigenvalue weighted by atomic mass is 10.0. The molecule has 3 heterocycles. The first kappa shape index (κ1) is 17.7. The van der Waals surface area contributed by atoms with Gasteiger partial charge in [-0.3, -0.25) is 9.59 Å². The maximum Gasteiger partial charge on any atom is 0.332 e. The second-order valence-corrected chi connectivity index (χ2v) is 7.81. The average molecular weight is 384 g/mol. The molecule has 2 saturated heterocycles. The van der Waals surface area contributed by atoms with Gasteiger partial charge >= 0.3 is 6.03 Å². The number of carbonyl (C=O) groups excluding carboxylic acids is 3. The van der Waals surface area contributed by atoms with E-state index in [0.717, 1.165) is 5.01 Å². The summed E-state index contributed by atoms with van der Waals surface area (Å²) in [6.45, 7) is 3.09. The van der Waals surface area contributed by atoms with E-state index in [1.807, 2.05) is 25.1 Å². The standard InChI is InChI=1S/C19H20N4O3S/c1-13-20-16(12-27-13)18(25)21-9-7-14(8-10-21)22-11-17(24)23(19(22)26)15-5-3-2-4-6-15/h2-6,12,14H,7-11H2,1H3. The number of hydrogen-bond acceptors (Lipinski definition) is 5. The van der Waals surface area contributed by atoms with Crippen molar-refractivity contribution in [3.8, 4) is 0 Å². The van der Waals surface area contributed by atoms with E-state index in [4.69, 9.17) is 0 Å². The number of likely N-dealkylation sites (tertiary alicyclic amines) is 1. The lowest BCUT2D eigenvalue weighted by Gasteiger charge is -2.35. The molecule has 0 N–H and O–H groups in total. The fraction of sp³-hybridized carbons (Fsp3) is 0.368. The Morgan fingerprint density at radius 2 is 1.85 bits per heavy atom. The second kappa shape index (κ2) is 7.11. The summed E-state index contributed by atoms with van der Waals surface area (Å²) in [5, 5.41) is 2.65. The molecule has 0 saturated carbocycles. The van der Waals surface area contributed by atoms with Gasteiger partial charge in [0.2, 0.25) is 0 Å². The van der Waals surface area contributed by atoms with Crippen molar-refractivity contribution in [3.63, 3.8) is 0 Å². The lowest BCUT2D eigenvalue weighted by Crippen LogP contribution is -2.48. The number of nitrogens with zero attached hydrogens (tertiary/aromatic N) is 4. The number of aryl methyl sites for hydroxylation is 1. The zero-order chi connectivity index (χ0) is 19.0. The number of amides is 4. The van der Waals surface area contributed by atoms with Crippen LogP contribution in [0.3, 0.4) is 0 Å². The van der Waals surface area contributed by atoms with Crippen molar-refractivity contribution in [3.05, 3.63) is 46.4 Å². The van der Waals surface area contributed by atoms with Gasteiger partial charge in [-0.15, -0.1) is 11.3 Å². The second-order valence-electron chi connectivity index (χ2n) is 6.75. The molecular formula is C19H20N4O3S. The Hall–Kier alpha value is -2.74. The minimum atomic E-state index is -0.272. The summed E-state index contributed by atoms with van der Waals surface area (Å²) in [6, 6.07) is 8.68. The predicted octanol–water partition coefficient (Wildman–Crippen LogP) is 2.52. The molecule has 0 unspecified atom stereocenters. The van der Waals surface area contributed by atoms with Crippen molar-refractivity contribution in [1.29, 1.82) is 0 Å². The number of carbonyl (C=O) groups is 3. The summed E-state index contributed by atoms with van der Waals surface area (Å²) in [5.41, 5.74) is 1.08. The molecule has 0 spiro atoms. The van der Waals surface area contributed by atoms with Crippen LogP contribution in [0.1, 0.15) is 28.3 Å². The summed E-state index contributed by atoms with van der Waals surface area (Å²) in [7, 11) is 0. The number of rotatable bonds is 3. The van der Waals surface area contributed by atoms with Crippen LogP contribution in [0.15, 0.2) is 35.7 Å². The molecule has 4 rings (SSSR count). The Bertz CT molecular complexity index is 874. The minimum Gasteiger partial charge on any atom is -0.337 e. The van der Waals surface area contributed by atoms with Crippen LogP contribution in [0.5, 0.6) is 0 Å². The molecule has 8 heteroatoms. The Labute approximate surface area is 161 Å². The third kappa shape index (κ3) is 3.32. The molecule has 0 aliphatic carbocycles. The van der Waals surface area contributed by atoms with Gasteiger partial charge in [0.25, 0.3) is 11.8 Å². The van der Waals surface area contributed by atoms with Gasteiger partial charge in [0.15, 0.2) is 0 Å². The van der Waals surface area contributed by atoms with Crippen LogP contribution < -0.4 is 4.90 Å². The number of benzene rings is 1. The molecule has 1 aromatic heterocycles. The fourth-order valence-electron chi connectivity index (χ4n) is 3.64. The van der Waals surface area contributed by atoms with Crippen molar-refractivity contribution in [1.82, 2.24) is 14.8 Å². The van der Waals surface area contributed by atoms with E-state index < -0.39 is 0 Å². The molecule has 0 bridgehead atoms. The first-order valence-corrected chi connectivity index (χ1v) is 9.82. The summed E-state index contributed by atoms with van der Waals surface area (Å²) in [4.78, 5) is 46.6. The number of urea groups is 1. The van der Waals surface area contributed by atoms with Crippen molar-refractivity contribution in [2.24, 2.45) is 0 Å². The zero-order valence-electron chi connectivity index (χ0n) is 15.0. The highest BCUT2D eigenvalue weighted by molar-refractivity contribution is 7.09. The van der Waals surface area contributed by atoms with E-state index in [2.05, 4.69) is 4.98 Å². The molecular weight excluding hydrogens is 364 g/mol. The van der Waals surface area contributed by atoms with Crippen LogP contribution in [0, 0.1) is 6.92 Å². The fourth-order valence-corrected chi connectivity index (χ4v) is 4.23. The minimum absolute atomic E-state index is 0.0311. The average Bonchev–Trinajstić information content (AvgIpc) is 3.25. The van der Waals surface area contributed by atoms with Crippen LogP contribution in [0.4, 0.5) is 10.5 Å². The first-order valence-electron chi connectivity index (χ1n) is 8.94. The van der Waals surface area contributed by atoms with Crippen molar-refractivity contribution in [2.75, 3.05) is 24.5 Å². The molecule has 2 aromatic rings. The van der Waals surface area contributed by atoms with Gasteiger partial charge in [0, 0.05) is 24.5 Å². The molecule has 7 nitrogen and oxygen atoms in total. The topological polar surface area (TPSA) is 73.8 Å². The van der Waals surface area contributed by atoms with Gasteiger partial charge in [-0.25, -0.2) is 14.7 Å². The highest BCUT2D eigenvalue weighted by atomic mass is 32.1. The number of imide groups is 1. The lowest BCUT2D eigenvalue weighted by molar-refractivity contribution is -0.116. The van der Waals surface area contributed by atoms with E-state index in [9.17, 15) is 14.4 Å². The summed E-state index contributed by atoms with van der Waals surface area (Å²) in [6.07, 6.45) is 1.33.